The van der Waals surface area contributed by atoms with E-state index in [4.69, 9.17) is 5.73 Å². The van der Waals surface area contributed by atoms with Crippen molar-refractivity contribution in [1.82, 2.24) is 9.13 Å². The maximum atomic E-state index is 13.2. The van der Waals surface area contributed by atoms with E-state index in [9.17, 15) is 4.79 Å². The molecule has 0 aliphatic carbocycles. The van der Waals surface area contributed by atoms with E-state index in [2.05, 4.69) is 0 Å². The number of aryl methyl sites for hydroxylation is 2. The fraction of sp³-hybridized carbons (Fsp3) is 0.105. The topological polar surface area (TPSA) is 52.9 Å². The Hall–Kier alpha value is -3.01. The van der Waals surface area contributed by atoms with Gasteiger partial charge in [-0.1, -0.05) is 6.07 Å². The van der Waals surface area contributed by atoms with Crippen LogP contribution in [0.2, 0.25) is 0 Å². The van der Waals surface area contributed by atoms with Crippen molar-refractivity contribution >= 4 is 33.4 Å². The van der Waals surface area contributed by atoms with Crippen LogP contribution in [0.1, 0.15) is 16.1 Å². The molecule has 0 unspecified atom stereocenters. The van der Waals surface area contributed by atoms with Crippen LogP contribution < -0.4 is 5.73 Å². The second-order valence-corrected chi connectivity index (χ2v) is 5.91. The predicted octanol–water partition coefficient (Wildman–Crippen LogP) is 3.71. The Balaban J connectivity index is 1.97. The van der Waals surface area contributed by atoms with Crippen molar-refractivity contribution in [2.45, 2.75) is 6.92 Å². The molecule has 0 aliphatic heterocycles. The lowest BCUT2D eigenvalue weighted by molar-refractivity contribution is 0.0965. The molecule has 0 fully saturated rings. The van der Waals surface area contributed by atoms with Gasteiger partial charge in [-0.2, -0.15) is 0 Å². The molecule has 2 heterocycles. The highest BCUT2D eigenvalue weighted by atomic mass is 16.2. The SMILES string of the molecule is Cc1cc2cc(N)ccc2n1C(=O)c1cccc2c1ccn2C. The van der Waals surface area contributed by atoms with E-state index in [1.807, 2.05) is 73.3 Å². The van der Waals surface area contributed by atoms with Gasteiger partial charge in [0.2, 0.25) is 0 Å². The molecule has 2 aromatic heterocycles. The first kappa shape index (κ1) is 13.6. The summed E-state index contributed by atoms with van der Waals surface area (Å²) in [6, 6.07) is 15.4. The number of nitrogens with two attached hydrogens (primary N) is 1. The lowest BCUT2D eigenvalue weighted by Gasteiger charge is -2.09. The van der Waals surface area contributed by atoms with Gasteiger partial charge in [-0.3, -0.25) is 9.36 Å². The number of benzene rings is 2. The van der Waals surface area contributed by atoms with Crippen molar-refractivity contribution in [2.24, 2.45) is 7.05 Å². The minimum atomic E-state index is -0.0147. The summed E-state index contributed by atoms with van der Waals surface area (Å²) in [6.07, 6.45) is 1.97. The summed E-state index contributed by atoms with van der Waals surface area (Å²) in [7, 11) is 1.98. The molecule has 0 saturated heterocycles. The van der Waals surface area contributed by atoms with Gasteiger partial charge in [0, 0.05) is 46.5 Å². The summed E-state index contributed by atoms with van der Waals surface area (Å²) in [6.45, 7) is 1.94. The van der Waals surface area contributed by atoms with Crippen molar-refractivity contribution in [3.63, 3.8) is 0 Å². The number of nitrogens with zero attached hydrogens (tertiary/aromatic N) is 2. The zero-order valence-electron chi connectivity index (χ0n) is 13.1. The van der Waals surface area contributed by atoms with Gasteiger partial charge in [0.25, 0.3) is 5.91 Å². The molecule has 0 saturated carbocycles. The number of fused-ring (bicyclic) bond motifs is 2. The monoisotopic (exact) mass is 303 g/mol. The summed E-state index contributed by atoms with van der Waals surface area (Å²) in [5, 5.41) is 1.95. The zero-order chi connectivity index (χ0) is 16.1. The van der Waals surface area contributed by atoms with Gasteiger partial charge in [-0.25, -0.2) is 0 Å². The molecule has 4 rings (SSSR count). The van der Waals surface area contributed by atoms with Crippen LogP contribution in [0.3, 0.4) is 0 Å². The molecule has 114 valence electrons. The van der Waals surface area contributed by atoms with Gasteiger partial charge in [-0.05, 0) is 49.4 Å². The first-order chi connectivity index (χ1) is 11.1. The quantitative estimate of drug-likeness (QED) is 0.545. The van der Waals surface area contributed by atoms with E-state index in [1.165, 1.54) is 0 Å². The van der Waals surface area contributed by atoms with E-state index in [0.29, 0.717) is 11.3 Å². The molecule has 0 radical (unpaired) electrons. The normalized spacial score (nSPS) is 11.4. The zero-order valence-corrected chi connectivity index (χ0v) is 13.1. The van der Waals surface area contributed by atoms with Gasteiger partial charge in [-0.15, -0.1) is 0 Å². The summed E-state index contributed by atoms with van der Waals surface area (Å²) >= 11 is 0. The van der Waals surface area contributed by atoms with Crippen LogP contribution >= 0.6 is 0 Å². The molecule has 0 aliphatic rings. The van der Waals surface area contributed by atoms with Crippen molar-refractivity contribution in [3.8, 4) is 0 Å². The predicted molar refractivity (Wildman–Crippen MR) is 93.7 cm³/mol. The second-order valence-electron chi connectivity index (χ2n) is 5.91. The number of rotatable bonds is 1. The Morgan fingerprint density at radius 1 is 1.04 bits per heavy atom. The lowest BCUT2D eigenvalue weighted by Crippen LogP contribution is -2.13. The van der Waals surface area contributed by atoms with Crippen LogP contribution in [0.5, 0.6) is 0 Å². The van der Waals surface area contributed by atoms with E-state index in [0.717, 1.165) is 27.5 Å². The van der Waals surface area contributed by atoms with E-state index >= 15 is 0 Å². The van der Waals surface area contributed by atoms with Crippen LogP contribution in [0.15, 0.2) is 54.7 Å². The average Bonchev–Trinajstić information content (AvgIpc) is 3.06. The standard InChI is InChI=1S/C19H17N3O/c1-12-10-13-11-14(20)6-7-17(13)22(12)19(23)16-4-3-5-18-15(16)8-9-21(18)2/h3-11H,20H2,1-2H3. The number of hydrogen-bond acceptors (Lipinski definition) is 2. The first-order valence-electron chi connectivity index (χ1n) is 7.52. The van der Waals surface area contributed by atoms with E-state index < -0.39 is 0 Å². The fourth-order valence-electron chi connectivity index (χ4n) is 3.25. The van der Waals surface area contributed by atoms with Crippen LogP contribution in [0.4, 0.5) is 5.69 Å². The van der Waals surface area contributed by atoms with E-state index in [-0.39, 0.29) is 5.91 Å². The second kappa shape index (κ2) is 4.74. The Morgan fingerprint density at radius 2 is 1.87 bits per heavy atom. The molecule has 0 amide bonds. The Labute approximate surface area is 133 Å². The third-order valence-electron chi connectivity index (χ3n) is 4.37. The maximum absolute atomic E-state index is 13.2. The van der Waals surface area contributed by atoms with Crippen molar-refractivity contribution < 1.29 is 4.79 Å². The number of carbonyl (C=O) groups excluding carboxylic acids is 1. The fourth-order valence-corrected chi connectivity index (χ4v) is 3.25. The third-order valence-corrected chi connectivity index (χ3v) is 4.37. The lowest BCUT2D eigenvalue weighted by atomic mass is 10.1. The van der Waals surface area contributed by atoms with Crippen LogP contribution in [0, 0.1) is 6.92 Å². The number of aromatic nitrogens is 2. The summed E-state index contributed by atoms with van der Waals surface area (Å²) in [5.74, 6) is -0.0147. The van der Waals surface area contributed by atoms with Gasteiger partial charge in [0.15, 0.2) is 0 Å². The minimum Gasteiger partial charge on any atom is -0.399 e. The molecule has 0 atom stereocenters. The van der Waals surface area contributed by atoms with Gasteiger partial charge >= 0.3 is 0 Å². The Morgan fingerprint density at radius 3 is 2.70 bits per heavy atom. The number of nitrogen functional groups attached to an aromatic ring is 1. The summed E-state index contributed by atoms with van der Waals surface area (Å²) < 4.78 is 3.78. The molecule has 4 aromatic rings. The average molecular weight is 303 g/mol. The highest BCUT2D eigenvalue weighted by Crippen LogP contribution is 2.26. The van der Waals surface area contributed by atoms with Crippen LogP contribution in [-0.4, -0.2) is 15.0 Å². The highest BCUT2D eigenvalue weighted by molar-refractivity contribution is 6.11. The van der Waals surface area contributed by atoms with Crippen molar-refractivity contribution in [2.75, 3.05) is 5.73 Å². The molecule has 23 heavy (non-hydrogen) atoms. The molecule has 2 N–H and O–H groups in total. The molecule has 0 bridgehead atoms. The van der Waals surface area contributed by atoms with Crippen molar-refractivity contribution in [3.05, 3.63) is 66.0 Å². The van der Waals surface area contributed by atoms with Crippen molar-refractivity contribution in [1.29, 1.82) is 0 Å². The number of carbonyl (C=O) groups is 1. The highest BCUT2D eigenvalue weighted by Gasteiger charge is 2.17. The van der Waals surface area contributed by atoms with Gasteiger partial charge in [0.1, 0.15) is 0 Å². The summed E-state index contributed by atoms with van der Waals surface area (Å²) in [4.78, 5) is 13.2. The third kappa shape index (κ3) is 1.95. The molecule has 0 spiro atoms. The smallest absolute Gasteiger partial charge is 0.263 e. The Kier molecular flexibility index (Phi) is 2.81. The maximum Gasteiger partial charge on any atom is 0.263 e. The molecule has 2 aromatic carbocycles. The molecular weight excluding hydrogens is 286 g/mol. The largest absolute Gasteiger partial charge is 0.399 e. The van der Waals surface area contributed by atoms with Crippen LogP contribution in [-0.2, 0) is 7.05 Å². The summed E-state index contributed by atoms with van der Waals surface area (Å²) in [5.41, 5.74) is 10.1. The first-order valence-corrected chi connectivity index (χ1v) is 7.52. The van der Waals surface area contributed by atoms with Gasteiger partial charge < -0.3 is 10.3 Å². The Bertz CT molecular complexity index is 1070. The molecule has 4 nitrogen and oxygen atoms in total. The van der Waals surface area contributed by atoms with E-state index in [1.54, 1.807) is 4.57 Å². The number of hydrogen-bond donors (Lipinski definition) is 1. The van der Waals surface area contributed by atoms with Crippen LogP contribution in [0.25, 0.3) is 21.8 Å². The minimum absolute atomic E-state index is 0.0147. The molecule has 4 heteroatoms. The number of anilines is 1. The molecular formula is C19H17N3O. The van der Waals surface area contributed by atoms with Gasteiger partial charge in [0.05, 0.1) is 5.52 Å².